The summed E-state index contributed by atoms with van der Waals surface area (Å²) in [6.45, 7) is 1.89. The van der Waals surface area contributed by atoms with Crippen molar-refractivity contribution in [2.75, 3.05) is 5.32 Å². The van der Waals surface area contributed by atoms with Gasteiger partial charge in [0.05, 0.1) is 6.26 Å². The highest BCUT2D eigenvalue weighted by molar-refractivity contribution is 7.08. The van der Waals surface area contributed by atoms with Crippen LogP contribution in [0.15, 0.2) is 86.6 Å². The molecule has 6 nitrogen and oxygen atoms in total. The van der Waals surface area contributed by atoms with E-state index in [1.807, 2.05) is 41.9 Å². The van der Waals surface area contributed by atoms with Crippen molar-refractivity contribution in [2.45, 2.75) is 31.6 Å². The van der Waals surface area contributed by atoms with Crippen LogP contribution >= 0.6 is 11.3 Å². The molecule has 3 aromatic heterocycles. The first-order valence-electron chi connectivity index (χ1n) is 10.1. The van der Waals surface area contributed by atoms with Crippen LogP contribution in [0.5, 0.6) is 0 Å². The molecule has 0 saturated carbocycles. The van der Waals surface area contributed by atoms with Gasteiger partial charge in [0.15, 0.2) is 5.78 Å². The van der Waals surface area contributed by atoms with Crippen molar-refractivity contribution in [2.24, 2.45) is 0 Å². The molecule has 5 rings (SSSR count). The Balaban J connectivity index is 1.54. The molecule has 3 aromatic rings. The minimum absolute atomic E-state index is 0.00595. The van der Waals surface area contributed by atoms with Crippen LogP contribution < -0.4 is 10.6 Å². The molecule has 0 radical (unpaired) electrons. The van der Waals surface area contributed by atoms with Gasteiger partial charge in [0.1, 0.15) is 11.6 Å². The zero-order chi connectivity index (χ0) is 21.4. The zero-order valence-corrected chi connectivity index (χ0v) is 17.7. The Bertz CT molecular complexity index is 1180. The molecule has 31 heavy (non-hydrogen) atoms. The Kier molecular flexibility index (Phi) is 5.03. The quantitative estimate of drug-likeness (QED) is 0.624. The van der Waals surface area contributed by atoms with E-state index >= 15 is 0 Å². The van der Waals surface area contributed by atoms with Crippen LogP contribution in [0.1, 0.15) is 42.9 Å². The first-order valence-corrected chi connectivity index (χ1v) is 11.1. The lowest BCUT2D eigenvalue weighted by atomic mass is 9.73. The fourth-order valence-corrected chi connectivity index (χ4v) is 5.14. The Morgan fingerprint density at radius 3 is 2.84 bits per heavy atom. The number of hydrogen-bond donors (Lipinski definition) is 2. The van der Waals surface area contributed by atoms with E-state index in [0.29, 0.717) is 29.8 Å². The van der Waals surface area contributed by atoms with Crippen molar-refractivity contribution in [1.29, 1.82) is 0 Å². The van der Waals surface area contributed by atoms with E-state index in [4.69, 9.17) is 4.42 Å². The van der Waals surface area contributed by atoms with E-state index in [2.05, 4.69) is 15.6 Å². The third-order valence-electron chi connectivity index (χ3n) is 5.80. The van der Waals surface area contributed by atoms with Gasteiger partial charge in [-0.05, 0) is 60.0 Å². The molecule has 1 amide bonds. The lowest BCUT2D eigenvalue weighted by Crippen LogP contribution is -2.37. The van der Waals surface area contributed by atoms with E-state index < -0.39 is 5.92 Å². The minimum Gasteiger partial charge on any atom is -0.469 e. The van der Waals surface area contributed by atoms with Crippen molar-refractivity contribution >= 4 is 28.8 Å². The number of furan rings is 1. The molecule has 0 unspecified atom stereocenters. The summed E-state index contributed by atoms with van der Waals surface area (Å²) in [5, 5.41) is 10.2. The summed E-state index contributed by atoms with van der Waals surface area (Å²) in [5.41, 5.74) is 3.80. The molecule has 0 spiro atoms. The van der Waals surface area contributed by atoms with Gasteiger partial charge in [-0.25, -0.2) is 4.98 Å². The van der Waals surface area contributed by atoms with Gasteiger partial charge in [0, 0.05) is 47.0 Å². The first kappa shape index (κ1) is 19.5. The smallest absolute Gasteiger partial charge is 0.255 e. The van der Waals surface area contributed by atoms with Gasteiger partial charge in [0.25, 0.3) is 5.91 Å². The number of carbonyl (C=O) groups is 2. The van der Waals surface area contributed by atoms with Crippen LogP contribution in [0.25, 0.3) is 0 Å². The molecule has 1 aliphatic carbocycles. The van der Waals surface area contributed by atoms with Crippen LogP contribution in [-0.4, -0.2) is 16.7 Å². The summed E-state index contributed by atoms with van der Waals surface area (Å²) in [4.78, 5) is 30.9. The number of ketones is 1. The maximum Gasteiger partial charge on any atom is 0.255 e. The van der Waals surface area contributed by atoms with Gasteiger partial charge in [-0.1, -0.05) is 6.07 Å². The molecule has 4 heterocycles. The number of hydrogen-bond acceptors (Lipinski definition) is 6. The molecule has 0 fully saturated rings. The number of pyridine rings is 1. The number of carbonyl (C=O) groups excluding carboxylic acids is 2. The molecule has 1 aliphatic heterocycles. The Morgan fingerprint density at radius 2 is 2.13 bits per heavy atom. The van der Waals surface area contributed by atoms with Gasteiger partial charge in [-0.3, -0.25) is 9.59 Å². The summed E-state index contributed by atoms with van der Waals surface area (Å²) in [5.74, 6) is 0.665. The van der Waals surface area contributed by atoms with Gasteiger partial charge in [-0.15, -0.1) is 0 Å². The number of anilines is 1. The Hall–Kier alpha value is -3.45. The molecule has 156 valence electrons. The minimum atomic E-state index is -0.406. The second-order valence-electron chi connectivity index (χ2n) is 7.76. The number of aromatic nitrogens is 1. The second kappa shape index (κ2) is 8.00. The summed E-state index contributed by atoms with van der Waals surface area (Å²) < 4.78 is 5.57. The molecule has 0 saturated heterocycles. The number of allylic oxidation sites excluding steroid dienone is 3. The van der Waals surface area contributed by atoms with Gasteiger partial charge in [0.2, 0.25) is 0 Å². The van der Waals surface area contributed by atoms with E-state index in [1.165, 1.54) is 0 Å². The molecule has 7 heteroatoms. The summed E-state index contributed by atoms with van der Waals surface area (Å²) in [6, 6.07) is 11.1. The summed E-state index contributed by atoms with van der Waals surface area (Å²) in [7, 11) is 0. The number of dihydropyridines is 1. The number of amides is 1. The molecular weight excluding hydrogens is 410 g/mol. The fourth-order valence-electron chi connectivity index (χ4n) is 4.46. The second-order valence-corrected chi connectivity index (χ2v) is 8.54. The predicted molar refractivity (Wildman–Crippen MR) is 118 cm³/mol. The number of nitrogens with zero attached hydrogens (tertiary/aromatic N) is 1. The Morgan fingerprint density at radius 1 is 1.23 bits per heavy atom. The van der Waals surface area contributed by atoms with Gasteiger partial charge >= 0.3 is 0 Å². The number of nitrogens with one attached hydrogen (secondary N) is 2. The fraction of sp³-hybridized carbons (Fsp3) is 0.208. The zero-order valence-electron chi connectivity index (χ0n) is 16.9. The summed E-state index contributed by atoms with van der Waals surface area (Å²) in [6.07, 6.45) is 4.30. The van der Waals surface area contributed by atoms with Crippen LogP contribution in [0.4, 0.5) is 5.82 Å². The lowest BCUT2D eigenvalue weighted by molar-refractivity contribution is -0.116. The molecule has 2 aliphatic rings. The van der Waals surface area contributed by atoms with E-state index in [-0.39, 0.29) is 17.6 Å². The van der Waals surface area contributed by atoms with Crippen molar-refractivity contribution in [3.8, 4) is 0 Å². The highest BCUT2D eigenvalue weighted by Crippen LogP contribution is 2.46. The van der Waals surface area contributed by atoms with Crippen molar-refractivity contribution in [3.63, 3.8) is 0 Å². The van der Waals surface area contributed by atoms with E-state index in [9.17, 15) is 9.59 Å². The van der Waals surface area contributed by atoms with E-state index in [1.54, 1.807) is 35.9 Å². The normalized spacial score (nSPS) is 21.0. The lowest BCUT2D eigenvalue weighted by Gasteiger charge is -2.36. The maximum atomic E-state index is 13.4. The topological polar surface area (TPSA) is 84.2 Å². The standard InChI is InChI=1S/C24H21N3O3S/c1-14-21(24(29)27-20-6-2-3-8-25-20)22(15-7-10-31-13-15)23-17(26-14)11-16(12-18(23)28)19-5-4-9-30-19/h2-10,13,16,22,26H,11-12H2,1H3,(H,25,27,29)/t16-,22-/m1/s1. The third kappa shape index (κ3) is 3.61. The molecule has 2 N–H and O–H groups in total. The van der Waals surface area contributed by atoms with Gasteiger partial charge < -0.3 is 15.1 Å². The van der Waals surface area contributed by atoms with Crippen LogP contribution in [-0.2, 0) is 9.59 Å². The molecular formula is C24H21N3O3S. The molecule has 2 atom stereocenters. The average molecular weight is 432 g/mol. The van der Waals surface area contributed by atoms with Crippen molar-refractivity contribution in [1.82, 2.24) is 10.3 Å². The average Bonchev–Trinajstić information content (AvgIpc) is 3.47. The molecule has 0 bridgehead atoms. The first-order chi connectivity index (χ1) is 15.1. The third-order valence-corrected chi connectivity index (χ3v) is 6.50. The number of thiophene rings is 1. The van der Waals surface area contributed by atoms with Gasteiger partial charge in [-0.2, -0.15) is 11.3 Å². The number of rotatable bonds is 4. The predicted octanol–water partition coefficient (Wildman–Crippen LogP) is 4.74. The maximum absolute atomic E-state index is 13.4. The largest absolute Gasteiger partial charge is 0.469 e. The SMILES string of the molecule is CC1=C(C(=O)Nc2ccccn2)[C@@H](c2ccsc2)C2=C(C[C@@H](c3ccco3)CC2=O)N1. The highest BCUT2D eigenvalue weighted by Gasteiger charge is 2.41. The number of Topliss-reactive ketones (excluding diaryl/α,β-unsaturated/α-hetero) is 1. The highest BCUT2D eigenvalue weighted by atomic mass is 32.1. The van der Waals surface area contributed by atoms with Crippen LogP contribution in [0.2, 0.25) is 0 Å². The Labute approximate surface area is 183 Å². The van der Waals surface area contributed by atoms with Crippen LogP contribution in [0.3, 0.4) is 0 Å². The van der Waals surface area contributed by atoms with Crippen molar-refractivity contribution in [3.05, 3.63) is 93.5 Å². The van der Waals surface area contributed by atoms with E-state index in [0.717, 1.165) is 22.7 Å². The van der Waals surface area contributed by atoms with Crippen LogP contribution in [0, 0.1) is 0 Å². The summed E-state index contributed by atoms with van der Waals surface area (Å²) >= 11 is 1.56. The van der Waals surface area contributed by atoms with Crippen molar-refractivity contribution < 1.29 is 14.0 Å². The molecule has 0 aromatic carbocycles. The monoisotopic (exact) mass is 431 g/mol.